The zero-order chi connectivity index (χ0) is 15.7. The molecule has 3 rings (SSSR count). The summed E-state index contributed by atoms with van der Waals surface area (Å²) in [4.78, 5) is 23.3. The van der Waals surface area contributed by atoms with Crippen LogP contribution in [0.25, 0.3) is 5.69 Å². The molecule has 0 bridgehead atoms. The summed E-state index contributed by atoms with van der Waals surface area (Å²) >= 11 is 0. The minimum Gasteiger partial charge on any atom is -0.469 e. The largest absolute Gasteiger partial charge is 0.469 e. The quantitative estimate of drug-likeness (QED) is 0.816. The Kier molecular flexibility index (Phi) is 3.79. The van der Waals surface area contributed by atoms with Gasteiger partial charge in [-0.15, -0.1) is 0 Å². The molecule has 1 aliphatic carbocycles. The number of Topliss-reactive ketones (excluding diaryl/α,β-unsaturated/α-hetero) is 1. The number of ether oxygens (including phenoxy) is 1. The van der Waals surface area contributed by atoms with Gasteiger partial charge in [-0.3, -0.25) is 9.59 Å². The predicted octanol–water partition coefficient (Wildman–Crippen LogP) is 2.42. The van der Waals surface area contributed by atoms with Crippen LogP contribution in [0.3, 0.4) is 0 Å². The zero-order valence-corrected chi connectivity index (χ0v) is 12.8. The molecular formula is C17H18N2O3. The van der Waals surface area contributed by atoms with E-state index in [-0.39, 0.29) is 18.2 Å². The number of aryl methyl sites for hydroxylation is 1. The van der Waals surface area contributed by atoms with E-state index in [1.165, 1.54) is 7.11 Å². The Morgan fingerprint density at radius 2 is 2.00 bits per heavy atom. The fraction of sp³-hybridized carbons (Fsp3) is 0.353. The van der Waals surface area contributed by atoms with Gasteiger partial charge in [-0.25, -0.2) is 4.68 Å². The summed E-state index contributed by atoms with van der Waals surface area (Å²) in [5, 5.41) is 4.52. The van der Waals surface area contributed by atoms with Crippen molar-refractivity contribution in [1.29, 1.82) is 0 Å². The third-order valence-corrected chi connectivity index (χ3v) is 4.01. The normalized spacial score (nSPS) is 13.8. The average molecular weight is 298 g/mol. The number of hydrogen-bond acceptors (Lipinski definition) is 4. The van der Waals surface area contributed by atoms with Gasteiger partial charge >= 0.3 is 5.97 Å². The third-order valence-electron chi connectivity index (χ3n) is 4.01. The van der Waals surface area contributed by atoms with Gasteiger partial charge in [0.2, 0.25) is 0 Å². The van der Waals surface area contributed by atoms with Crippen molar-refractivity contribution in [3.8, 4) is 5.69 Å². The van der Waals surface area contributed by atoms with Gasteiger partial charge in [0.05, 0.1) is 36.2 Å². The number of ketones is 1. The number of hydrogen-bond donors (Lipinski definition) is 0. The summed E-state index contributed by atoms with van der Waals surface area (Å²) in [5.41, 5.74) is 4.37. The fourth-order valence-electron chi connectivity index (χ4n) is 2.92. The van der Waals surface area contributed by atoms with Gasteiger partial charge in [0.1, 0.15) is 0 Å². The third kappa shape index (κ3) is 2.54. The van der Waals surface area contributed by atoms with E-state index in [1.54, 1.807) is 0 Å². The van der Waals surface area contributed by atoms with E-state index >= 15 is 0 Å². The highest BCUT2D eigenvalue weighted by molar-refractivity contribution is 5.99. The Labute approximate surface area is 128 Å². The zero-order valence-electron chi connectivity index (χ0n) is 12.8. The highest BCUT2D eigenvalue weighted by Crippen LogP contribution is 2.26. The van der Waals surface area contributed by atoms with E-state index in [0.717, 1.165) is 41.0 Å². The van der Waals surface area contributed by atoms with Gasteiger partial charge in [-0.05, 0) is 37.5 Å². The molecule has 0 fully saturated rings. The summed E-state index contributed by atoms with van der Waals surface area (Å²) < 4.78 is 6.52. The molecule has 5 nitrogen and oxygen atoms in total. The van der Waals surface area contributed by atoms with Crippen molar-refractivity contribution in [3.05, 3.63) is 46.8 Å². The van der Waals surface area contributed by atoms with Gasteiger partial charge in [-0.2, -0.15) is 5.10 Å². The highest BCUT2D eigenvalue weighted by atomic mass is 16.5. The van der Waals surface area contributed by atoms with E-state index in [2.05, 4.69) is 9.84 Å². The number of nitrogens with zero attached hydrogens (tertiary/aromatic N) is 2. The molecule has 1 heterocycles. The van der Waals surface area contributed by atoms with Crippen molar-refractivity contribution >= 4 is 11.8 Å². The minimum atomic E-state index is -0.259. The maximum Gasteiger partial charge on any atom is 0.309 e. The smallest absolute Gasteiger partial charge is 0.309 e. The minimum absolute atomic E-state index is 0.187. The molecule has 0 N–H and O–H groups in total. The predicted molar refractivity (Wildman–Crippen MR) is 81.3 cm³/mol. The first-order chi connectivity index (χ1) is 10.6. The first-order valence-corrected chi connectivity index (χ1v) is 7.38. The van der Waals surface area contributed by atoms with Crippen LogP contribution in [0.2, 0.25) is 0 Å². The average Bonchev–Trinajstić information content (AvgIpc) is 2.86. The lowest BCUT2D eigenvalue weighted by Crippen LogP contribution is -2.13. The van der Waals surface area contributed by atoms with Crippen molar-refractivity contribution in [3.63, 3.8) is 0 Å². The number of fused-ring (bicyclic) bond motifs is 1. The molecule has 114 valence electrons. The Morgan fingerprint density at radius 1 is 1.27 bits per heavy atom. The molecule has 22 heavy (non-hydrogen) atoms. The number of aromatic nitrogens is 2. The first-order valence-electron chi connectivity index (χ1n) is 7.38. The van der Waals surface area contributed by atoms with Crippen LogP contribution in [-0.2, 0) is 22.4 Å². The lowest BCUT2D eigenvalue weighted by molar-refractivity contribution is -0.139. The van der Waals surface area contributed by atoms with Crippen LogP contribution in [0.15, 0.2) is 24.3 Å². The monoisotopic (exact) mass is 298 g/mol. The van der Waals surface area contributed by atoms with Gasteiger partial charge < -0.3 is 4.74 Å². The van der Waals surface area contributed by atoms with Crippen LogP contribution in [-0.4, -0.2) is 28.6 Å². The molecule has 1 aromatic heterocycles. The SMILES string of the molecule is COC(=O)Cc1ccc(-n2nc(C)c3c2CCCC3=O)cc1. The van der Waals surface area contributed by atoms with Gasteiger partial charge in [0, 0.05) is 6.42 Å². The lowest BCUT2D eigenvalue weighted by atomic mass is 9.94. The molecule has 0 saturated carbocycles. The standard InChI is InChI=1S/C17H18N2O3/c1-11-17-14(4-3-5-15(17)20)19(18-11)13-8-6-12(7-9-13)10-16(21)22-2/h6-9H,3-5,10H2,1-2H3. The van der Waals surface area contributed by atoms with E-state index in [9.17, 15) is 9.59 Å². The van der Waals surface area contributed by atoms with E-state index in [1.807, 2.05) is 35.9 Å². The summed E-state index contributed by atoms with van der Waals surface area (Å²) in [7, 11) is 1.38. The van der Waals surface area contributed by atoms with Gasteiger partial charge in [0.15, 0.2) is 5.78 Å². The molecular weight excluding hydrogens is 280 g/mol. The number of benzene rings is 1. The molecule has 1 aliphatic rings. The van der Waals surface area contributed by atoms with E-state index < -0.39 is 0 Å². The Bertz CT molecular complexity index is 729. The van der Waals surface area contributed by atoms with E-state index in [0.29, 0.717) is 6.42 Å². The summed E-state index contributed by atoms with van der Waals surface area (Å²) in [6.45, 7) is 1.88. The molecule has 2 aromatic rings. The Morgan fingerprint density at radius 3 is 2.68 bits per heavy atom. The number of carbonyl (C=O) groups excluding carboxylic acids is 2. The second-order valence-corrected chi connectivity index (χ2v) is 5.51. The molecule has 5 heteroatoms. The first kappa shape index (κ1) is 14.5. The van der Waals surface area contributed by atoms with Crippen LogP contribution in [0.4, 0.5) is 0 Å². The molecule has 0 spiro atoms. The van der Waals surface area contributed by atoms with Crippen LogP contribution in [0.1, 0.15) is 40.2 Å². The molecule has 0 amide bonds. The van der Waals surface area contributed by atoms with Crippen molar-refractivity contribution in [2.45, 2.75) is 32.6 Å². The Balaban J connectivity index is 1.94. The molecule has 1 aromatic carbocycles. The second-order valence-electron chi connectivity index (χ2n) is 5.51. The van der Waals surface area contributed by atoms with Crippen molar-refractivity contribution in [1.82, 2.24) is 9.78 Å². The Hall–Kier alpha value is -2.43. The molecule has 0 aliphatic heterocycles. The maximum atomic E-state index is 12.1. The van der Waals surface area contributed by atoms with Crippen LogP contribution in [0, 0.1) is 6.92 Å². The maximum absolute atomic E-state index is 12.1. The second kappa shape index (κ2) is 5.75. The fourth-order valence-corrected chi connectivity index (χ4v) is 2.92. The summed E-state index contributed by atoms with van der Waals surface area (Å²) in [6, 6.07) is 7.62. The number of esters is 1. The summed E-state index contributed by atoms with van der Waals surface area (Å²) in [6.07, 6.45) is 2.60. The lowest BCUT2D eigenvalue weighted by Gasteiger charge is -2.13. The van der Waals surface area contributed by atoms with Gasteiger partial charge in [-0.1, -0.05) is 12.1 Å². The van der Waals surface area contributed by atoms with Crippen LogP contribution < -0.4 is 0 Å². The molecule has 0 saturated heterocycles. The molecule has 0 radical (unpaired) electrons. The molecule has 0 atom stereocenters. The van der Waals surface area contributed by atoms with Gasteiger partial charge in [0.25, 0.3) is 0 Å². The number of methoxy groups -OCH3 is 1. The van der Waals surface area contributed by atoms with Crippen LogP contribution >= 0.6 is 0 Å². The van der Waals surface area contributed by atoms with Crippen molar-refractivity contribution < 1.29 is 14.3 Å². The summed E-state index contributed by atoms with van der Waals surface area (Å²) in [5.74, 6) is -0.0713. The number of rotatable bonds is 3. The van der Waals surface area contributed by atoms with E-state index in [4.69, 9.17) is 0 Å². The molecule has 0 unspecified atom stereocenters. The topological polar surface area (TPSA) is 61.2 Å². The van der Waals surface area contributed by atoms with Crippen LogP contribution in [0.5, 0.6) is 0 Å². The van der Waals surface area contributed by atoms with Crippen molar-refractivity contribution in [2.24, 2.45) is 0 Å². The van der Waals surface area contributed by atoms with Crippen molar-refractivity contribution in [2.75, 3.05) is 7.11 Å². The number of carbonyl (C=O) groups is 2. The highest BCUT2D eigenvalue weighted by Gasteiger charge is 2.25.